The fourth-order valence-corrected chi connectivity index (χ4v) is 2.15. The van der Waals surface area contributed by atoms with Gasteiger partial charge in [0.2, 0.25) is 11.0 Å². The highest BCUT2D eigenvalue weighted by Gasteiger charge is 2.24. The molecule has 0 bridgehead atoms. The van der Waals surface area contributed by atoms with Crippen molar-refractivity contribution in [3.05, 3.63) is 51.4 Å². The predicted molar refractivity (Wildman–Crippen MR) is 78.8 cm³/mol. The number of ether oxygens (including phenoxy) is 1. The Balaban J connectivity index is 2.35. The van der Waals surface area contributed by atoms with Crippen molar-refractivity contribution >= 4 is 23.1 Å². The van der Waals surface area contributed by atoms with Crippen molar-refractivity contribution < 1.29 is 9.66 Å². The summed E-state index contributed by atoms with van der Waals surface area (Å²) in [6.45, 7) is 0.387. The van der Waals surface area contributed by atoms with Gasteiger partial charge in [-0.15, -0.1) is 0 Å². The molecule has 0 atom stereocenters. The fourth-order valence-electron chi connectivity index (χ4n) is 1.95. The zero-order valence-corrected chi connectivity index (χ0v) is 12.2. The van der Waals surface area contributed by atoms with Crippen LogP contribution in [0.4, 0.5) is 11.5 Å². The number of aromatic nitrogens is 2. The normalized spacial score (nSPS) is 10.2. The van der Waals surface area contributed by atoms with E-state index in [4.69, 9.17) is 16.3 Å². The first-order valence-corrected chi connectivity index (χ1v) is 6.40. The molecule has 0 aliphatic carbocycles. The van der Waals surface area contributed by atoms with E-state index in [-0.39, 0.29) is 16.7 Å². The molecule has 8 heteroatoms. The van der Waals surface area contributed by atoms with Gasteiger partial charge in [-0.3, -0.25) is 10.1 Å². The number of hydrogen-bond donors (Lipinski definition) is 0. The van der Waals surface area contributed by atoms with Crippen LogP contribution in [-0.2, 0) is 6.54 Å². The Labute approximate surface area is 126 Å². The van der Waals surface area contributed by atoms with Gasteiger partial charge in [0.15, 0.2) is 0 Å². The van der Waals surface area contributed by atoms with Crippen LogP contribution < -0.4 is 9.64 Å². The number of methoxy groups -OCH3 is 1. The van der Waals surface area contributed by atoms with E-state index in [2.05, 4.69) is 9.97 Å². The molecule has 110 valence electrons. The van der Waals surface area contributed by atoms with Crippen molar-refractivity contribution in [2.24, 2.45) is 0 Å². The molecule has 0 saturated carbocycles. The lowest BCUT2D eigenvalue weighted by Crippen LogP contribution is -2.20. The molecule has 7 nitrogen and oxygen atoms in total. The van der Waals surface area contributed by atoms with Crippen LogP contribution in [0.5, 0.6) is 5.75 Å². The average Bonchev–Trinajstić information content (AvgIpc) is 2.47. The van der Waals surface area contributed by atoms with Crippen LogP contribution in [0.2, 0.25) is 5.15 Å². The van der Waals surface area contributed by atoms with Crippen molar-refractivity contribution in [1.29, 1.82) is 0 Å². The third-order valence-electron chi connectivity index (χ3n) is 2.90. The third kappa shape index (κ3) is 3.19. The molecule has 0 unspecified atom stereocenters. The van der Waals surface area contributed by atoms with Crippen molar-refractivity contribution in [1.82, 2.24) is 9.97 Å². The van der Waals surface area contributed by atoms with Crippen molar-refractivity contribution in [3.63, 3.8) is 0 Å². The molecule has 0 spiro atoms. The number of hydrogen-bond acceptors (Lipinski definition) is 6. The summed E-state index contributed by atoms with van der Waals surface area (Å²) < 4.78 is 5.26. The number of rotatable bonds is 5. The Kier molecular flexibility index (Phi) is 4.54. The van der Waals surface area contributed by atoms with E-state index in [1.54, 1.807) is 19.1 Å². The smallest absolute Gasteiger partial charge is 0.348 e. The van der Waals surface area contributed by atoms with Gasteiger partial charge in [-0.25, -0.2) is 9.97 Å². The maximum absolute atomic E-state index is 11.1. The Morgan fingerprint density at radius 2 is 2.10 bits per heavy atom. The van der Waals surface area contributed by atoms with Gasteiger partial charge in [0.25, 0.3) is 0 Å². The van der Waals surface area contributed by atoms with Crippen LogP contribution in [0, 0.1) is 10.1 Å². The SMILES string of the molecule is COc1ccccc1CN(C)c1ncnc(Cl)c1[N+](=O)[O-]. The minimum Gasteiger partial charge on any atom is -0.496 e. The molecule has 1 aromatic heterocycles. The molecule has 21 heavy (non-hydrogen) atoms. The Morgan fingerprint density at radius 3 is 2.76 bits per heavy atom. The lowest BCUT2D eigenvalue weighted by atomic mass is 10.2. The summed E-state index contributed by atoms with van der Waals surface area (Å²) in [5, 5.41) is 10.9. The zero-order valence-electron chi connectivity index (χ0n) is 11.5. The number of anilines is 1. The molecule has 1 aromatic carbocycles. The van der Waals surface area contributed by atoms with E-state index >= 15 is 0 Å². The quantitative estimate of drug-likeness (QED) is 0.480. The lowest BCUT2D eigenvalue weighted by Gasteiger charge is -2.19. The first kappa shape index (κ1) is 15.0. The van der Waals surface area contributed by atoms with E-state index in [1.807, 2.05) is 24.3 Å². The molecule has 0 N–H and O–H groups in total. The monoisotopic (exact) mass is 308 g/mol. The van der Waals surface area contributed by atoms with Gasteiger partial charge in [-0.05, 0) is 6.07 Å². The van der Waals surface area contributed by atoms with E-state index in [0.717, 1.165) is 5.56 Å². The van der Waals surface area contributed by atoms with Gasteiger partial charge in [0.1, 0.15) is 12.1 Å². The molecule has 0 aliphatic rings. The molecule has 0 amide bonds. The van der Waals surface area contributed by atoms with Crippen LogP contribution in [0.25, 0.3) is 0 Å². The maximum Gasteiger partial charge on any atom is 0.348 e. The summed E-state index contributed by atoms with van der Waals surface area (Å²) in [5.41, 5.74) is 0.572. The molecule has 2 aromatic rings. The summed E-state index contributed by atoms with van der Waals surface area (Å²) in [6, 6.07) is 7.42. The van der Waals surface area contributed by atoms with Gasteiger partial charge in [0, 0.05) is 19.2 Å². The number of para-hydroxylation sites is 1. The topological polar surface area (TPSA) is 81.4 Å². The highest BCUT2D eigenvalue weighted by molar-refractivity contribution is 6.31. The molecule has 0 saturated heterocycles. The van der Waals surface area contributed by atoms with Crippen molar-refractivity contribution in [2.45, 2.75) is 6.54 Å². The molecular weight excluding hydrogens is 296 g/mol. The van der Waals surface area contributed by atoms with Gasteiger partial charge in [-0.1, -0.05) is 29.8 Å². The standard InChI is InChI=1S/C13H13ClN4O3/c1-17(7-9-5-3-4-6-10(9)21-2)13-11(18(19)20)12(14)15-8-16-13/h3-6,8H,7H2,1-2H3. The number of nitrogens with zero attached hydrogens (tertiary/aromatic N) is 4. The van der Waals surface area contributed by atoms with Crippen LogP contribution in [0.1, 0.15) is 5.56 Å². The van der Waals surface area contributed by atoms with Crippen LogP contribution in [0.3, 0.4) is 0 Å². The second kappa shape index (κ2) is 6.36. The van der Waals surface area contributed by atoms with E-state index in [9.17, 15) is 10.1 Å². The van der Waals surface area contributed by atoms with Crippen molar-refractivity contribution in [3.8, 4) is 5.75 Å². The van der Waals surface area contributed by atoms with Gasteiger partial charge in [-0.2, -0.15) is 0 Å². The van der Waals surface area contributed by atoms with Crippen LogP contribution >= 0.6 is 11.6 Å². The highest BCUT2D eigenvalue weighted by atomic mass is 35.5. The van der Waals surface area contributed by atoms with E-state index < -0.39 is 4.92 Å². The first-order chi connectivity index (χ1) is 10.0. The third-order valence-corrected chi connectivity index (χ3v) is 3.18. The predicted octanol–water partition coefficient (Wildman–Crippen LogP) is 2.68. The lowest BCUT2D eigenvalue weighted by molar-refractivity contribution is -0.384. The van der Waals surface area contributed by atoms with Gasteiger partial charge in [0.05, 0.1) is 12.0 Å². The largest absolute Gasteiger partial charge is 0.496 e. The van der Waals surface area contributed by atoms with E-state index in [0.29, 0.717) is 12.3 Å². The minimum absolute atomic E-state index is 0.158. The molecule has 1 heterocycles. The number of benzene rings is 1. The number of nitro groups is 1. The van der Waals surface area contributed by atoms with Crippen LogP contribution in [0.15, 0.2) is 30.6 Å². The summed E-state index contributed by atoms with van der Waals surface area (Å²) >= 11 is 5.79. The fraction of sp³-hybridized carbons (Fsp3) is 0.231. The summed E-state index contributed by atoms with van der Waals surface area (Å²) in [6.07, 6.45) is 1.20. The Bertz CT molecular complexity index is 666. The van der Waals surface area contributed by atoms with Gasteiger partial charge >= 0.3 is 5.69 Å². The second-order valence-corrected chi connectivity index (χ2v) is 4.62. The molecule has 0 fully saturated rings. The van der Waals surface area contributed by atoms with Gasteiger partial charge < -0.3 is 9.64 Å². The second-order valence-electron chi connectivity index (χ2n) is 4.26. The molecule has 2 rings (SSSR count). The zero-order chi connectivity index (χ0) is 15.4. The molecule has 0 radical (unpaired) electrons. The summed E-state index contributed by atoms with van der Waals surface area (Å²) in [7, 11) is 3.26. The Morgan fingerprint density at radius 1 is 1.38 bits per heavy atom. The summed E-state index contributed by atoms with van der Waals surface area (Å²) in [4.78, 5) is 19.8. The first-order valence-electron chi connectivity index (χ1n) is 6.02. The minimum atomic E-state index is -0.587. The summed E-state index contributed by atoms with van der Waals surface area (Å²) in [5.74, 6) is 0.859. The van der Waals surface area contributed by atoms with E-state index in [1.165, 1.54) is 6.33 Å². The highest BCUT2D eigenvalue weighted by Crippen LogP contribution is 2.32. The average molecular weight is 309 g/mol. The van der Waals surface area contributed by atoms with Crippen molar-refractivity contribution in [2.75, 3.05) is 19.1 Å². The molecule has 0 aliphatic heterocycles. The van der Waals surface area contributed by atoms with Crippen LogP contribution in [-0.4, -0.2) is 29.0 Å². The molecular formula is C13H13ClN4O3. The number of halogens is 1. The Hall–Kier alpha value is -2.41. The maximum atomic E-state index is 11.1.